The zero-order chi connectivity index (χ0) is 11.1. The highest BCUT2D eigenvalue weighted by molar-refractivity contribution is 7.89. The summed E-state index contributed by atoms with van der Waals surface area (Å²) >= 11 is 1.36. The molecule has 0 bridgehead atoms. The molecule has 2 aromatic rings. The highest BCUT2D eigenvalue weighted by atomic mass is 32.2. The van der Waals surface area contributed by atoms with Gasteiger partial charge in [0.1, 0.15) is 0 Å². The van der Waals surface area contributed by atoms with Crippen molar-refractivity contribution in [2.45, 2.75) is 11.9 Å². The molecule has 3 N–H and O–H groups in total. The summed E-state index contributed by atoms with van der Waals surface area (Å²) < 4.78 is 24.2. The van der Waals surface area contributed by atoms with Gasteiger partial charge in [-0.2, -0.15) is 0 Å². The van der Waals surface area contributed by atoms with E-state index in [1.807, 2.05) is 6.92 Å². The van der Waals surface area contributed by atoms with Crippen molar-refractivity contribution in [3.8, 4) is 0 Å². The maximum Gasteiger partial charge on any atom is 0.257 e. The first-order chi connectivity index (χ1) is 7.04. The van der Waals surface area contributed by atoms with E-state index in [1.54, 1.807) is 11.6 Å². The molecule has 0 aliphatic heterocycles. The molecule has 0 radical (unpaired) electrons. The van der Waals surface area contributed by atoms with Gasteiger partial charge in [0.2, 0.25) is 0 Å². The van der Waals surface area contributed by atoms with Crippen LogP contribution >= 0.6 is 11.3 Å². The molecule has 6 nitrogen and oxygen atoms in total. The number of rotatable bonds is 3. The van der Waals surface area contributed by atoms with Gasteiger partial charge in [-0.15, -0.1) is 11.3 Å². The molecule has 8 heteroatoms. The van der Waals surface area contributed by atoms with Crippen LogP contribution in [-0.2, 0) is 10.0 Å². The van der Waals surface area contributed by atoms with E-state index in [1.165, 1.54) is 15.7 Å². The molecule has 0 aromatic carbocycles. The molecule has 0 atom stereocenters. The molecule has 2 aromatic heterocycles. The van der Waals surface area contributed by atoms with Crippen LogP contribution in [0.2, 0.25) is 0 Å². The molecular formula is C7H10N4O2S2. The summed E-state index contributed by atoms with van der Waals surface area (Å²) in [7, 11) is -3.76. The summed E-state index contributed by atoms with van der Waals surface area (Å²) in [6, 6.07) is 0. The van der Waals surface area contributed by atoms with Gasteiger partial charge in [0.15, 0.2) is 15.8 Å². The molecule has 15 heavy (non-hydrogen) atoms. The number of fused-ring (bicyclic) bond motifs is 1. The molecule has 0 aliphatic rings. The molecular weight excluding hydrogens is 236 g/mol. The van der Waals surface area contributed by atoms with Crippen LogP contribution in [0.15, 0.2) is 16.6 Å². The Hall–Kier alpha value is -1.12. The second-order valence-corrected chi connectivity index (χ2v) is 5.25. The number of hydrogen-bond acceptors (Lipinski definition) is 5. The number of primary sulfonamides is 1. The van der Waals surface area contributed by atoms with Crippen LogP contribution in [0.5, 0.6) is 0 Å². The fourth-order valence-corrected chi connectivity index (χ4v) is 2.90. The third-order valence-electron chi connectivity index (χ3n) is 1.83. The van der Waals surface area contributed by atoms with Gasteiger partial charge in [-0.25, -0.2) is 18.5 Å². The van der Waals surface area contributed by atoms with Gasteiger partial charge in [0.25, 0.3) is 10.0 Å². The van der Waals surface area contributed by atoms with Crippen molar-refractivity contribution >= 4 is 32.1 Å². The zero-order valence-corrected chi connectivity index (χ0v) is 9.60. The van der Waals surface area contributed by atoms with E-state index in [4.69, 9.17) is 5.14 Å². The zero-order valence-electron chi connectivity index (χ0n) is 7.97. The number of sulfonamides is 1. The first kappa shape index (κ1) is 10.4. The second kappa shape index (κ2) is 3.47. The van der Waals surface area contributed by atoms with Crippen LogP contribution in [0.25, 0.3) is 4.96 Å². The Bertz CT molecular complexity index is 583. The Kier molecular flexibility index (Phi) is 2.41. The molecule has 0 unspecified atom stereocenters. The van der Waals surface area contributed by atoms with Crippen LogP contribution in [0.1, 0.15) is 6.92 Å². The molecule has 2 heterocycles. The number of nitrogens with one attached hydrogen (secondary N) is 1. The fourth-order valence-electron chi connectivity index (χ4n) is 1.32. The highest BCUT2D eigenvalue weighted by Gasteiger charge is 2.21. The normalized spacial score (nSPS) is 12.1. The van der Waals surface area contributed by atoms with E-state index in [9.17, 15) is 8.42 Å². The summed E-state index contributed by atoms with van der Waals surface area (Å²) in [5.41, 5.74) is 0. The maximum absolute atomic E-state index is 11.4. The number of imidazole rings is 1. The van der Waals surface area contributed by atoms with Crippen molar-refractivity contribution in [3.63, 3.8) is 0 Å². The molecule has 2 rings (SSSR count). The third-order valence-corrected chi connectivity index (χ3v) is 3.52. The molecule has 82 valence electrons. The lowest BCUT2D eigenvalue weighted by molar-refractivity contribution is 0.593. The maximum atomic E-state index is 11.4. The smallest absolute Gasteiger partial charge is 0.257 e. The molecule has 0 fully saturated rings. The van der Waals surface area contributed by atoms with Gasteiger partial charge in [-0.05, 0) is 6.92 Å². The average Bonchev–Trinajstić information content (AvgIpc) is 2.60. The van der Waals surface area contributed by atoms with Gasteiger partial charge >= 0.3 is 0 Å². The molecule has 0 aliphatic carbocycles. The fraction of sp³-hybridized carbons (Fsp3) is 0.286. The highest BCUT2D eigenvalue weighted by Crippen LogP contribution is 2.24. The van der Waals surface area contributed by atoms with Crippen LogP contribution in [0.4, 0.5) is 5.82 Å². The van der Waals surface area contributed by atoms with Crippen LogP contribution < -0.4 is 10.5 Å². The minimum Gasteiger partial charge on any atom is -0.368 e. The minimum absolute atomic E-state index is 0.0144. The summed E-state index contributed by atoms with van der Waals surface area (Å²) in [4.78, 5) is 4.75. The van der Waals surface area contributed by atoms with Crippen molar-refractivity contribution in [2.75, 3.05) is 11.9 Å². The number of aromatic nitrogens is 2. The topological polar surface area (TPSA) is 89.5 Å². The molecule has 0 saturated carbocycles. The minimum atomic E-state index is -3.76. The first-order valence-electron chi connectivity index (χ1n) is 4.26. The Morgan fingerprint density at radius 1 is 1.67 bits per heavy atom. The third kappa shape index (κ3) is 1.71. The predicted octanol–water partition coefficient (Wildman–Crippen LogP) is 0.475. The SMILES string of the molecule is CCNc1nc2sccn2c1S(N)(=O)=O. The van der Waals surface area contributed by atoms with Gasteiger partial charge < -0.3 is 5.32 Å². The van der Waals surface area contributed by atoms with Crippen LogP contribution in [0, 0.1) is 0 Å². The van der Waals surface area contributed by atoms with Gasteiger partial charge in [-0.1, -0.05) is 0 Å². The average molecular weight is 246 g/mol. The molecule has 0 amide bonds. The predicted molar refractivity (Wildman–Crippen MR) is 58.6 cm³/mol. The van der Waals surface area contributed by atoms with Gasteiger partial charge in [0.05, 0.1) is 0 Å². The van der Waals surface area contributed by atoms with Gasteiger partial charge in [-0.3, -0.25) is 4.40 Å². The molecule has 0 spiro atoms. The monoisotopic (exact) mass is 246 g/mol. The Labute approximate surface area is 90.8 Å². The van der Waals surface area contributed by atoms with E-state index >= 15 is 0 Å². The van der Waals surface area contributed by atoms with Crippen molar-refractivity contribution in [3.05, 3.63) is 11.6 Å². The molecule has 0 saturated heterocycles. The Morgan fingerprint density at radius 3 is 3.00 bits per heavy atom. The summed E-state index contributed by atoms with van der Waals surface area (Å²) in [5, 5.41) is 9.78. The van der Waals surface area contributed by atoms with Crippen LogP contribution in [-0.4, -0.2) is 24.3 Å². The van der Waals surface area contributed by atoms with E-state index in [0.29, 0.717) is 17.3 Å². The number of thiazole rings is 1. The first-order valence-corrected chi connectivity index (χ1v) is 6.69. The number of anilines is 1. The van der Waals surface area contributed by atoms with Crippen molar-refractivity contribution < 1.29 is 8.42 Å². The van der Waals surface area contributed by atoms with Crippen molar-refractivity contribution in [1.29, 1.82) is 0 Å². The lowest BCUT2D eigenvalue weighted by atomic mass is 10.6. The number of nitrogens with zero attached hydrogens (tertiary/aromatic N) is 2. The van der Waals surface area contributed by atoms with E-state index in [2.05, 4.69) is 10.3 Å². The number of hydrogen-bond donors (Lipinski definition) is 2. The summed E-state index contributed by atoms with van der Waals surface area (Å²) in [6.45, 7) is 2.45. The Morgan fingerprint density at radius 2 is 2.40 bits per heavy atom. The number of nitrogens with two attached hydrogens (primary N) is 1. The lowest BCUT2D eigenvalue weighted by Gasteiger charge is -2.01. The Balaban J connectivity index is 2.75. The second-order valence-electron chi connectivity index (χ2n) is 2.90. The van der Waals surface area contributed by atoms with E-state index in [-0.39, 0.29) is 5.03 Å². The standard InChI is InChI=1S/C7H10N4O2S2/c1-2-9-5-6(15(8,12)13)11-3-4-14-7(11)10-5/h3-4,9H,2H2,1H3,(H2,8,12,13). The van der Waals surface area contributed by atoms with Gasteiger partial charge in [0, 0.05) is 18.1 Å². The summed E-state index contributed by atoms with van der Waals surface area (Å²) in [6.07, 6.45) is 1.63. The largest absolute Gasteiger partial charge is 0.368 e. The van der Waals surface area contributed by atoms with Crippen molar-refractivity contribution in [2.24, 2.45) is 5.14 Å². The lowest BCUT2D eigenvalue weighted by Crippen LogP contribution is -2.16. The summed E-state index contributed by atoms with van der Waals surface area (Å²) in [5.74, 6) is 0.312. The van der Waals surface area contributed by atoms with Crippen LogP contribution in [0.3, 0.4) is 0 Å². The van der Waals surface area contributed by atoms with Crippen molar-refractivity contribution in [1.82, 2.24) is 9.38 Å². The quantitative estimate of drug-likeness (QED) is 0.824. The van der Waals surface area contributed by atoms with E-state index in [0.717, 1.165) is 0 Å². The van der Waals surface area contributed by atoms with E-state index < -0.39 is 10.0 Å².